The number of ether oxygens (including phenoxy) is 2. The number of rotatable bonds is 7. The van der Waals surface area contributed by atoms with E-state index in [0.29, 0.717) is 22.9 Å². The summed E-state index contributed by atoms with van der Waals surface area (Å²) in [6, 6.07) is 6.57. The minimum atomic E-state index is -0.618. The molecule has 9 nitrogen and oxygen atoms in total. The Morgan fingerprint density at radius 2 is 1.93 bits per heavy atom. The van der Waals surface area contributed by atoms with Crippen LogP contribution in [0.25, 0.3) is 0 Å². The maximum absolute atomic E-state index is 12.3. The Morgan fingerprint density at radius 1 is 1.17 bits per heavy atom. The lowest BCUT2D eigenvalue weighted by Crippen LogP contribution is -2.21. The smallest absolute Gasteiger partial charge is 0.338 e. The first-order valence-corrected chi connectivity index (χ1v) is 9.38. The highest BCUT2D eigenvalue weighted by molar-refractivity contribution is 5.96. The van der Waals surface area contributed by atoms with Crippen LogP contribution in [0.3, 0.4) is 0 Å². The third-order valence-corrected chi connectivity index (χ3v) is 4.74. The number of anilines is 1. The molecule has 0 unspecified atom stereocenters. The highest BCUT2D eigenvalue weighted by atomic mass is 16.5. The molecule has 0 atom stereocenters. The topological polar surface area (TPSA) is 108 Å². The summed E-state index contributed by atoms with van der Waals surface area (Å²) >= 11 is 0. The number of benzene rings is 1. The molecule has 0 aliphatic carbocycles. The molecule has 1 amide bonds. The van der Waals surface area contributed by atoms with Gasteiger partial charge >= 0.3 is 5.97 Å². The summed E-state index contributed by atoms with van der Waals surface area (Å²) in [5, 5.41) is 10.8. The normalized spacial score (nSPS) is 10.7. The molecule has 2 aromatic heterocycles. The van der Waals surface area contributed by atoms with Crippen LogP contribution in [0.4, 0.5) is 5.69 Å². The van der Waals surface area contributed by atoms with Crippen LogP contribution < -0.4 is 10.1 Å². The van der Waals surface area contributed by atoms with Gasteiger partial charge in [-0.15, -0.1) is 0 Å². The first-order chi connectivity index (χ1) is 14.3. The minimum Gasteiger partial charge on any atom is -0.489 e. The highest BCUT2D eigenvalue weighted by Crippen LogP contribution is 2.20. The van der Waals surface area contributed by atoms with Crippen molar-refractivity contribution in [2.45, 2.75) is 34.3 Å². The van der Waals surface area contributed by atoms with Gasteiger partial charge in [0.1, 0.15) is 18.1 Å². The summed E-state index contributed by atoms with van der Waals surface area (Å²) in [5.74, 6) is 0.129. The predicted molar refractivity (Wildman–Crippen MR) is 108 cm³/mol. The van der Waals surface area contributed by atoms with Crippen LogP contribution in [-0.2, 0) is 23.2 Å². The second kappa shape index (κ2) is 8.81. The van der Waals surface area contributed by atoms with E-state index in [4.69, 9.17) is 14.0 Å². The van der Waals surface area contributed by atoms with E-state index >= 15 is 0 Å². The minimum absolute atomic E-state index is 0.270. The molecule has 0 saturated carbocycles. The predicted octanol–water partition coefficient (Wildman–Crippen LogP) is 3.02. The Balaban J connectivity index is 1.56. The zero-order chi connectivity index (χ0) is 21.8. The molecule has 0 spiro atoms. The highest BCUT2D eigenvalue weighted by Gasteiger charge is 2.16. The van der Waals surface area contributed by atoms with Crippen molar-refractivity contribution in [2.24, 2.45) is 7.05 Å². The average Bonchev–Trinajstić information content (AvgIpc) is 3.17. The molecular formula is C21H24N4O5. The molecule has 1 N–H and O–H groups in total. The van der Waals surface area contributed by atoms with Crippen LogP contribution >= 0.6 is 0 Å². The number of hydrogen-bond donors (Lipinski definition) is 1. The van der Waals surface area contributed by atoms with Gasteiger partial charge in [-0.1, -0.05) is 11.2 Å². The van der Waals surface area contributed by atoms with E-state index in [0.717, 1.165) is 17.0 Å². The van der Waals surface area contributed by atoms with Crippen molar-refractivity contribution in [1.82, 2.24) is 14.9 Å². The van der Waals surface area contributed by atoms with Crippen molar-refractivity contribution < 1.29 is 23.6 Å². The van der Waals surface area contributed by atoms with E-state index in [1.165, 1.54) is 0 Å². The van der Waals surface area contributed by atoms with Crippen LogP contribution in [0, 0.1) is 27.7 Å². The van der Waals surface area contributed by atoms with Crippen LogP contribution in [0.15, 0.2) is 28.8 Å². The van der Waals surface area contributed by atoms with Crippen molar-refractivity contribution in [2.75, 3.05) is 11.9 Å². The summed E-state index contributed by atoms with van der Waals surface area (Å²) in [7, 11) is 1.79. The monoisotopic (exact) mass is 412 g/mol. The average molecular weight is 412 g/mol. The number of carbonyl (C=O) groups is 2. The zero-order valence-electron chi connectivity index (χ0n) is 17.6. The maximum atomic E-state index is 12.3. The summed E-state index contributed by atoms with van der Waals surface area (Å²) < 4.78 is 17.7. The van der Waals surface area contributed by atoms with Gasteiger partial charge in [0, 0.05) is 7.05 Å². The van der Waals surface area contributed by atoms with E-state index in [9.17, 15) is 9.59 Å². The van der Waals surface area contributed by atoms with Gasteiger partial charge in [-0.3, -0.25) is 9.48 Å². The van der Waals surface area contributed by atoms with E-state index in [-0.39, 0.29) is 12.2 Å². The van der Waals surface area contributed by atoms with Gasteiger partial charge in [-0.25, -0.2) is 4.79 Å². The number of aromatic nitrogens is 3. The fraction of sp³-hybridized carbons (Fsp3) is 0.333. The largest absolute Gasteiger partial charge is 0.489 e. The molecule has 0 radical (unpaired) electrons. The molecule has 3 aromatic rings. The molecule has 0 fully saturated rings. The van der Waals surface area contributed by atoms with E-state index < -0.39 is 18.5 Å². The fourth-order valence-electron chi connectivity index (χ4n) is 2.92. The van der Waals surface area contributed by atoms with Crippen LogP contribution in [0.1, 0.15) is 38.8 Å². The summed E-state index contributed by atoms with van der Waals surface area (Å²) in [6.45, 7) is 7.15. The molecule has 0 bridgehead atoms. The van der Waals surface area contributed by atoms with Crippen LogP contribution in [-0.4, -0.2) is 33.4 Å². The van der Waals surface area contributed by atoms with E-state index in [1.807, 2.05) is 20.8 Å². The lowest BCUT2D eigenvalue weighted by molar-refractivity contribution is -0.119. The van der Waals surface area contributed by atoms with Gasteiger partial charge in [0.2, 0.25) is 0 Å². The first-order valence-electron chi connectivity index (χ1n) is 9.38. The van der Waals surface area contributed by atoms with Gasteiger partial charge in [0.05, 0.1) is 33.9 Å². The van der Waals surface area contributed by atoms with E-state index in [2.05, 4.69) is 15.6 Å². The summed E-state index contributed by atoms with van der Waals surface area (Å²) in [4.78, 5) is 24.5. The van der Waals surface area contributed by atoms with E-state index in [1.54, 1.807) is 42.9 Å². The lowest BCUT2D eigenvalue weighted by Gasteiger charge is -2.09. The third-order valence-electron chi connectivity index (χ3n) is 4.74. The Morgan fingerprint density at radius 3 is 2.57 bits per heavy atom. The first kappa shape index (κ1) is 21.1. The lowest BCUT2D eigenvalue weighted by atomic mass is 10.2. The van der Waals surface area contributed by atoms with Crippen molar-refractivity contribution in [1.29, 1.82) is 0 Å². The molecule has 1 aromatic carbocycles. The number of carbonyl (C=O) groups excluding carboxylic acids is 2. The van der Waals surface area contributed by atoms with Crippen molar-refractivity contribution in [3.63, 3.8) is 0 Å². The number of esters is 1. The number of nitrogens with zero attached hydrogens (tertiary/aromatic N) is 3. The molecule has 3 rings (SSSR count). The molecule has 30 heavy (non-hydrogen) atoms. The van der Waals surface area contributed by atoms with Crippen LogP contribution in [0.5, 0.6) is 5.75 Å². The summed E-state index contributed by atoms with van der Waals surface area (Å²) in [5.41, 5.74) is 4.03. The Kier molecular flexibility index (Phi) is 6.20. The molecule has 0 saturated heterocycles. The molecule has 158 valence electrons. The molecule has 0 aliphatic rings. The molecule has 0 aliphatic heterocycles. The fourth-order valence-corrected chi connectivity index (χ4v) is 2.92. The second-order valence-corrected chi connectivity index (χ2v) is 6.91. The van der Waals surface area contributed by atoms with Crippen LogP contribution in [0.2, 0.25) is 0 Å². The zero-order valence-corrected chi connectivity index (χ0v) is 17.6. The van der Waals surface area contributed by atoms with Gasteiger partial charge in [-0.2, -0.15) is 5.10 Å². The van der Waals surface area contributed by atoms with Crippen molar-refractivity contribution in [3.8, 4) is 5.75 Å². The van der Waals surface area contributed by atoms with Gasteiger partial charge in [0.15, 0.2) is 6.61 Å². The standard InChI is InChI=1S/C21H24N4O5/c1-12-18(15(4)30-24-12)10-28-17-8-6-7-16(9-17)21(27)29-11-19(26)22-20-13(2)23-25(5)14(20)3/h6-9H,10-11H2,1-5H3,(H,22,26). The Hall–Kier alpha value is -3.62. The maximum Gasteiger partial charge on any atom is 0.338 e. The Labute approximate surface area is 174 Å². The second-order valence-electron chi connectivity index (χ2n) is 6.91. The number of amides is 1. The van der Waals surface area contributed by atoms with Crippen molar-refractivity contribution >= 4 is 17.6 Å². The number of hydrogen-bond acceptors (Lipinski definition) is 7. The van der Waals surface area contributed by atoms with Gasteiger partial charge in [-0.05, 0) is 45.9 Å². The molecule has 2 heterocycles. The summed E-state index contributed by atoms with van der Waals surface area (Å²) in [6.07, 6.45) is 0. The quantitative estimate of drug-likeness (QED) is 0.594. The SMILES string of the molecule is Cc1noc(C)c1COc1cccc(C(=O)OCC(=O)Nc2c(C)nn(C)c2C)c1. The third kappa shape index (κ3) is 4.68. The van der Waals surface area contributed by atoms with Crippen molar-refractivity contribution in [3.05, 3.63) is 58.2 Å². The number of nitrogens with one attached hydrogen (secondary N) is 1. The molecule has 9 heteroatoms. The van der Waals surface area contributed by atoms with Gasteiger partial charge in [0.25, 0.3) is 5.91 Å². The van der Waals surface area contributed by atoms with Gasteiger partial charge < -0.3 is 19.3 Å². The Bertz CT molecular complexity index is 1060. The molecular weight excluding hydrogens is 388 g/mol. The number of aryl methyl sites for hydroxylation is 4.